The van der Waals surface area contributed by atoms with Gasteiger partial charge in [0.1, 0.15) is 17.4 Å². The molecule has 1 aliphatic heterocycles. The van der Waals surface area contributed by atoms with Crippen LogP contribution in [0.1, 0.15) is 18.4 Å². The molecule has 0 spiro atoms. The quantitative estimate of drug-likeness (QED) is 0.647. The number of nitrogens with zero attached hydrogens (tertiary/aromatic N) is 3. The van der Waals surface area contributed by atoms with Gasteiger partial charge >= 0.3 is 6.01 Å². The molecule has 1 amide bonds. The molecule has 31 heavy (non-hydrogen) atoms. The number of carbonyl (C=O) groups is 1. The monoisotopic (exact) mass is 428 g/mol. The van der Waals surface area contributed by atoms with Crippen LogP contribution in [0, 0.1) is 17.6 Å². The molecule has 1 fully saturated rings. The normalized spacial score (nSPS) is 14.5. The van der Waals surface area contributed by atoms with Gasteiger partial charge in [0.15, 0.2) is 0 Å². The molecule has 162 valence electrons. The summed E-state index contributed by atoms with van der Waals surface area (Å²) in [5, 5.41) is 11.0. The van der Waals surface area contributed by atoms with E-state index in [1.807, 2.05) is 29.2 Å². The molecule has 0 saturated carbocycles. The van der Waals surface area contributed by atoms with Gasteiger partial charge in [0.25, 0.3) is 0 Å². The molecule has 0 bridgehead atoms. The van der Waals surface area contributed by atoms with E-state index in [1.165, 1.54) is 12.1 Å². The van der Waals surface area contributed by atoms with Crippen molar-refractivity contribution >= 4 is 11.9 Å². The molecule has 4 rings (SSSR count). The van der Waals surface area contributed by atoms with Crippen molar-refractivity contribution in [2.75, 3.05) is 25.1 Å². The maximum Gasteiger partial charge on any atom is 0.318 e. The van der Waals surface area contributed by atoms with Crippen LogP contribution in [0.5, 0.6) is 5.75 Å². The van der Waals surface area contributed by atoms with E-state index in [0.29, 0.717) is 37.8 Å². The van der Waals surface area contributed by atoms with Crippen LogP contribution < -0.4 is 15.0 Å². The van der Waals surface area contributed by atoms with Crippen LogP contribution in [0.2, 0.25) is 0 Å². The van der Waals surface area contributed by atoms with E-state index < -0.39 is 11.6 Å². The van der Waals surface area contributed by atoms with Crippen LogP contribution in [0.15, 0.2) is 46.9 Å². The second kappa shape index (κ2) is 9.11. The Labute approximate surface area is 178 Å². The van der Waals surface area contributed by atoms with Crippen LogP contribution in [-0.4, -0.2) is 36.3 Å². The number of rotatable bonds is 6. The second-order valence-electron chi connectivity index (χ2n) is 7.33. The van der Waals surface area contributed by atoms with Gasteiger partial charge < -0.3 is 19.4 Å². The average molecular weight is 428 g/mol. The summed E-state index contributed by atoms with van der Waals surface area (Å²) in [4.78, 5) is 14.4. The van der Waals surface area contributed by atoms with Gasteiger partial charge in [-0.1, -0.05) is 11.2 Å². The van der Waals surface area contributed by atoms with Gasteiger partial charge in [-0.2, -0.15) is 0 Å². The summed E-state index contributed by atoms with van der Waals surface area (Å²) in [5.41, 5.74) is 1.05. The van der Waals surface area contributed by atoms with Gasteiger partial charge in [-0.25, -0.2) is 8.78 Å². The molecular weight excluding hydrogens is 406 g/mol. The highest BCUT2D eigenvalue weighted by molar-refractivity contribution is 5.79. The Balaban J connectivity index is 1.30. The Morgan fingerprint density at radius 1 is 1.16 bits per heavy atom. The third kappa shape index (κ3) is 4.82. The van der Waals surface area contributed by atoms with Crippen molar-refractivity contribution in [3.05, 3.63) is 59.7 Å². The highest BCUT2D eigenvalue weighted by Crippen LogP contribution is 2.27. The van der Waals surface area contributed by atoms with Crippen LogP contribution in [-0.2, 0) is 11.3 Å². The molecular formula is C22H22F2N4O3. The van der Waals surface area contributed by atoms with Gasteiger partial charge in [-0.05, 0) is 43.2 Å². The lowest BCUT2D eigenvalue weighted by Gasteiger charge is -2.29. The minimum absolute atomic E-state index is 0.0278. The number of halogens is 2. The van der Waals surface area contributed by atoms with Crippen LogP contribution in [0.4, 0.5) is 14.8 Å². The topological polar surface area (TPSA) is 80.5 Å². The van der Waals surface area contributed by atoms with E-state index in [0.717, 1.165) is 17.4 Å². The first-order valence-electron chi connectivity index (χ1n) is 9.98. The standard InChI is InChI=1S/C22H22F2N4O3/c1-30-18-6-3-15(4-7-18)21-26-27-22(31-21)28-10-8-14(9-11-28)20(29)25-13-16-2-5-17(23)12-19(16)24/h2-7,12,14H,8-11,13H2,1H3,(H,25,29). The van der Waals surface area contributed by atoms with E-state index in [2.05, 4.69) is 15.5 Å². The van der Waals surface area contributed by atoms with Crippen LogP contribution >= 0.6 is 0 Å². The van der Waals surface area contributed by atoms with E-state index in [-0.39, 0.29) is 23.9 Å². The average Bonchev–Trinajstić information content (AvgIpc) is 3.29. The summed E-state index contributed by atoms with van der Waals surface area (Å²) in [6.07, 6.45) is 1.22. The van der Waals surface area contributed by atoms with E-state index in [1.54, 1.807) is 7.11 Å². The number of aromatic nitrogens is 2. The minimum atomic E-state index is -0.667. The summed E-state index contributed by atoms with van der Waals surface area (Å²) in [5.74, 6) is -0.489. The van der Waals surface area contributed by atoms with E-state index in [9.17, 15) is 13.6 Å². The Morgan fingerprint density at radius 3 is 2.58 bits per heavy atom. The molecule has 1 aromatic heterocycles. The van der Waals surface area contributed by atoms with Crippen molar-refractivity contribution in [2.45, 2.75) is 19.4 Å². The zero-order valence-corrected chi connectivity index (χ0v) is 17.0. The van der Waals surface area contributed by atoms with Gasteiger partial charge in [0.2, 0.25) is 11.8 Å². The predicted octanol–water partition coefficient (Wildman–Crippen LogP) is 3.56. The largest absolute Gasteiger partial charge is 0.497 e. The molecule has 0 atom stereocenters. The number of anilines is 1. The number of methoxy groups -OCH3 is 1. The summed E-state index contributed by atoms with van der Waals surface area (Å²) in [6, 6.07) is 11.1. The van der Waals surface area contributed by atoms with Crippen molar-refractivity contribution in [3.8, 4) is 17.2 Å². The first kappa shape index (κ1) is 20.8. The van der Waals surface area contributed by atoms with Crippen molar-refractivity contribution in [1.82, 2.24) is 15.5 Å². The Bertz CT molecular complexity index is 1050. The fourth-order valence-corrected chi connectivity index (χ4v) is 3.52. The molecule has 3 aromatic rings. The van der Waals surface area contributed by atoms with Crippen molar-refractivity contribution in [2.24, 2.45) is 5.92 Å². The lowest BCUT2D eigenvalue weighted by molar-refractivity contribution is -0.125. The highest BCUT2D eigenvalue weighted by atomic mass is 19.1. The molecule has 1 N–H and O–H groups in total. The Morgan fingerprint density at radius 2 is 1.90 bits per heavy atom. The molecule has 2 aromatic carbocycles. The summed E-state index contributed by atoms with van der Waals surface area (Å²) in [7, 11) is 1.60. The van der Waals surface area contributed by atoms with Crippen molar-refractivity contribution in [3.63, 3.8) is 0 Å². The molecule has 7 nitrogen and oxygen atoms in total. The summed E-state index contributed by atoms with van der Waals surface area (Å²) >= 11 is 0. The molecule has 1 saturated heterocycles. The lowest BCUT2D eigenvalue weighted by Crippen LogP contribution is -2.40. The first-order chi connectivity index (χ1) is 15.0. The number of ether oxygens (including phenoxy) is 1. The smallest absolute Gasteiger partial charge is 0.318 e. The molecule has 0 radical (unpaired) electrons. The Kier molecular flexibility index (Phi) is 6.11. The lowest BCUT2D eigenvalue weighted by atomic mass is 9.96. The van der Waals surface area contributed by atoms with Crippen molar-refractivity contribution in [1.29, 1.82) is 0 Å². The van der Waals surface area contributed by atoms with Gasteiger partial charge in [-0.3, -0.25) is 4.79 Å². The fourth-order valence-electron chi connectivity index (χ4n) is 3.52. The number of nitrogens with one attached hydrogen (secondary N) is 1. The number of hydrogen-bond acceptors (Lipinski definition) is 6. The first-order valence-corrected chi connectivity index (χ1v) is 9.98. The number of piperidine rings is 1. The molecule has 1 aliphatic rings. The fraction of sp³-hybridized carbons (Fsp3) is 0.318. The third-order valence-electron chi connectivity index (χ3n) is 5.36. The number of carbonyl (C=O) groups excluding carboxylic acids is 1. The number of hydrogen-bond donors (Lipinski definition) is 1. The van der Waals surface area contributed by atoms with Crippen molar-refractivity contribution < 1.29 is 22.7 Å². The molecule has 2 heterocycles. The molecule has 0 unspecified atom stereocenters. The SMILES string of the molecule is COc1ccc(-c2nnc(N3CCC(C(=O)NCc4ccc(F)cc4F)CC3)o2)cc1. The van der Waals surface area contributed by atoms with Gasteiger partial charge in [-0.15, -0.1) is 5.10 Å². The van der Waals surface area contributed by atoms with Crippen LogP contribution in [0.25, 0.3) is 11.5 Å². The zero-order chi connectivity index (χ0) is 21.8. The summed E-state index contributed by atoms with van der Waals surface area (Å²) < 4.78 is 37.6. The minimum Gasteiger partial charge on any atom is -0.497 e. The van der Waals surface area contributed by atoms with Gasteiger partial charge in [0, 0.05) is 42.7 Å². The van der Waals surface area contributed by atoms with Crippen LogP contribution in [0.3, 0.4) is 0 Å². The predicted molar refractivity (Wildman–Crippen MR) is 109 cm³/mol. The molecule has 9 heteroatoms. The Hall–Kier alpha value is -3.49. The maximum atomic E-state index is 13.7. The van der Waals surface area contributed by atoms with E-state index >= 15 is 0 Å². The summed E-state index contributed by atoms with van der Waals surface area (Å²) in [6.45, 7) is 1.21. The zero-order valence-electron chi connectivity index (χ0n) is 17.0. The maximum absolute atomic E-state index is 13.7. The van der Waals surface area contributed by atoms with E-state index in [4.69, 9.17) is 9.15 Å². The second-order valence-corrected chi connectivity index (χ2v) is 7.33. The third-order valence-corrected chi connectivity index (χ3v) is 5.36. The number of amides is 1. The highest BCUT2D eigenvalue weighted by Gasteiger charge is 2.27. The van der Waals surface area contributed by atoms with Gasteiger partial charge in [0.05, 0.1) is 7.11 Å². The number of benzene rings is 2. The molecule has 0 aliphatic carbocycles.